The Morgan fingerprint density at radius 2 is 1.74 bits per heavy atom. The van der Waals surface area contributed by atoms with Crippen LogP contribution in [0.2, 0.25) is 0 Å². The molecule has 1 aliphatic heterocycles. The molecule has 2 N–H and O–H groups in total. The largest absolute Gasteiger partial charge is 0.350 e. The van der Waals surface area contributed by atoms with Crippen LogP contribution in [0, 0.1) is 11.3 Å². The van der Waals surface area contributed by atoms with Crippen LogP contribution in [-0.2, 0) is 4.79 Å². The van der Waals surface area contributed by atoms with E-state index in [9.17, 15) is 4.79 Å². The molecular formula is C15H29ClN2O. The molecule has 1 heterocycles. The Kier molecular flexibility index (Phi) is 5.69. The second-order valence-corrected chi connectivity index (χ2v) is 6.20. The average molecular weight is 289 g/mol. The second kappa shape index (κ2) is 6.45. The fraction of sp³-hybridized carbons (Fsp3) is 0.933. The lowest BCUT2D eigenvalue weighted by atomic mass is 9.88. The Bertz CT molecular complexity index is 301. The molecule has 2 rings (SSSR count). The van der Waals surface area contributed by atoms with Crippen LogP contribution >= 0.6 is 12.4 Å². The highest BCUT2D eigenvalue weighted by atomic mass is 35.5. The van der Waals surface area contributed by atoms with Crippen molar-refractivity contribution in [3.8, 4) is 0 Å². The van der Waals surface area contributed by atoms with Crippen LogP contribution in [0.4, 0.5) is 0 Å². The maximum Gasteiger partial charge on any atom is 0.224 e. The van der Waals surface area contributed by atoms with Gasteiger partial charge in [-0.3, -0.25) is 4.79 Å². The van der Waals surface area contributed by atoms with Crippen LogP contribution in [0.15, 0.2) is 0 Å². The first-order valence-electron chi connectivity index (χ1n) is 7.64. The average Bonchev–Trinajstić information content (AvgIpc) is 3.10. The number of nitrogens with one attached hydrogen (secondary N) is 2. The second-order valence-electron chi connectivity index (χ2n) is 6.20. The Morgan fingerprint density at radius 3 is 2.21 bits per heavy atom. The van der Waals surface area contributed by atoms with Crippen molar-refractivity contribution >= 4 is 18.3 Å². The number of carbonyl (C=O) groups is 1. The molecule has 2 fully saturated rings. The minimum atomic E-state index is 0. The fourth-order valence-corrected chi connectivity index (χ4v) is 3.56. The van der Waals surface area contributed by atoms with E-state index >= 15 is 0 Å². The van der Waals surface area contributed by atoms with Crippen molar-refractivity contribution in [1.82, 2.24) is 10.6 Å². The Hall–Kier alpha value is -0.280. The Labute approximate surface area is 123 Å². The van der Waals surface area contributed by atoms with Gasteiger partial charge in [-0.1, -0.05) is 20.8 Å². The van der Waals surface area contributed by atoms with Crippen molar-refractivity contribution < 1.29 is 4.79 Å². The van der Waals surface area contributed by atoms with Gasteiger partial charge < -0.3 is 10.6 Å². The van der Waals surface area contributed by atoms with Gasteiger partial charge in [0.1, 0.15) is 0 Å². The van der Waals surface area contributed by atoms with Gasteiger partial charge >= 0.3 is 0 Å². The highest BCUT2D eigenvalue weighted by Crippen LogP contribution is 2.58. The molecule has 1 atom stereocenters. The molecule has 1 aliphatic carbocycles. The SMILES string of the molecule is CCC(CC)(CC)NC(=O)C1CC12CCNCC2.Cl. The summed E-state index contributed by atoms with van der Waals surface area (Å²) in [5.41, 5.74) is 0.393. The highest BCUT2D eigenvalue weighted by molar-refractivity contribution is 5.85. The summed E-state index contributed by atoms with van der Waals surface area (Å²) < 4.78 is 0. The van der Waals surface area contributed by atoms with E-state index in [4.69, 9.17) is 0 Å². The number of carbonyl (C=O) groups excluding carboxylic acids is 1. The van der Waals surface area contributed by atoms with Gasteiger partial charge in [0.15, 0.2) is 0 Å². The molecule has 3 nitrogen and oxygen atoms in total. The van der Waals surface area contributed by atoms with Crippen LogP contribution in [0.5, 0.6) is 0 Å². The van der Waals surface area contributed by atoms with Gasteiger partial charge in [-0.25, -0.2) is 0 Å². The number of halogens is 1. The van der Waals surface area contributed by atoms with Gasteiger partial charge in [0.2, 0.25) is 5.91 Å². The van der Waals surface area contributed by atoms with E-state index in [2.05, 4.69) is 31.4 Å². The van der Waals surface area contributed by atoms with Crippen LogP contribution in [0.1, 0.15) is 59.3 Å². The fourth-order valence-electron chi connectivity index (χ4n) is 3.56. The zero-order valence-electron chi connectivity index (χ0n) is 12.6. The summed E-state index contributed by atoms with van der Waals surface area (Å²) in [6, 6.07) is 0. The first kappa shape index (κ1) is 16.8. The molecular weight excluding hydrogens is 260 g/mol. The van der Waals surface area contributed by atoms with Gasteiger partial charge in [-0.05, 0) is 57.0 Å². The summed E-state index contributed by atoms with van der Waals surface area (Å²) in [7, 11) is 0. The van der Waals surface area contributed by atoms with Crippen molar-refractivity contribution in [1.29, 1.82) is 0 Å². The van der Waals surface area contributed by atoms with E-state index in [0.717, 1.165) is 38.8 Å². The third kappa shape index (κ3) is 3.25. The van der Waals surface area contributed by atoms with E-state index in [1.807, 2.05) is 0 Å². The van der Waals surface area contributed by atoms with Crippen LogP contribution < -0.4 is 10.6 Å². The van der Waals surface area contributed by atoms with Crippen LogP contribution in [0.25, 0.3) is 0 Å². The van der Waals surface area contributed by atoms with Crippen molar-refractivity contribution in [2.24, 2.45) is 11.3 Å². The molecule has 0 radical (unpaired) electrons. The zero-order valence-corrected chi connectivity index (χ0v) is 13.4. The van der Waals surface area contributed by atoms with E-state index < -0.39 is 0 Å². The topological polar surface area (TPSA) is 41.1 Å². The lowest BCUT2D eigenvalue weighted by molar-refractivity contribution is -0.125. The molecule has 1 saturated carbocycles. The summed E-state index contributed by atoms with van der Waals surface area (Å²) in [5, 5.41) is 6.74. The smallest absolute Gasteiger partial charge is 0.224 e. The maximum atomic E-state index is 12.4. The Morgan fingerprint density at radius 1 is 1.21 bits per heavy atom. The van der Waals surface area contributed by atoms with Crippen molar-refractivity contribution in [2.45, 2.75) is 64.8 Å². The van der Waals surface area contributed by atoms with Gasteiger partial charge in [0.05, 0.1) is 0 Å². The summed E-state index contributed by atoms with van der Waals surface area (Å²) in [6.45, 7) is 8.72. The molecule has 1 saturated heterocycles. The number of hydrogen-bond acceptors (Lipinski definition) is 2. The minimum Gasteiger partial charge on any atom is -0.350 e. The third-order valence-electron chi connectivity index (χ3n) is 5.52. The molecule has 1 unspecified atom stereocenters. The number of hydrogen-bond donors (Lipinski definition) is 2. The molecule has 112 valence electrons. The summed E-state index contributed by atoms with van der Waals surface area (Å²) in [4.78, 5) is 12.4. The molecule has 1 spiro atoms. The molecule has 19 heavy (non-hydrogen) atoms. The lowest BCUT2D eigenvalue weighted by Gasteiger charge is -2.32. The van der Waals surface area contributed by atoms with Crippen molar-refractivity contribution in [2.75, 3.05) is 13.1 Å². The first-order chi connectivity index (χ1) is 8.61. The van der Waals surface area contributed by atoms with E-state index in [1.165, 1.54) is 12.8 Å². The zero-order chi connectivity index (χ0) is 13.2. The normalized spacial score (nSPS) is 24.7. The number of amides is 1. The summed E-state index contributed by atoms with van der Waals surface area (Å²) >= 11 is 0. The maximum absolute atomic E-state index is 12.4. The first-order valence-corrected chi connectivity index (χ1v) is 7.64. The minimum absolute atomic E-state index is 0. The van der Waals surface area contributed by atoms with Crippen molar-refractivity contribution in [3.63, 3.8) is 0 Å². The van der Waals surface area contributed by atoms with Gasteiger partial charge in [-0.2, -0.15) is 0 Å². The molecule has 2 aliphatic rings. The molecule has 0 aromatic carbocycles. The van der Waals surface area contributed by atoms with Gasteiger partial charge in [0.25, 0.3) is 0 Å². The van der Waals surface area contributed by atoms with Crippen molar-refractivity contribution in [3.05, 3.63) is 0 Å². The third-order valence-corrected chi connectivity index (χ3v) is 5.52. The van der Waals surface area contributed by atoms with E-state index in [1.54, 1.807) is 0 Å². The molecule has 0 aromatic rings. The lowest BCUT2D eigenvalue weighted by Crippen LogP contribution is -2.48. The van der Waals surface area contributed by atoms with Crippen LogP contribution in [-0.4, -0.2) is 24.5 Å². The Balaban J connectivity index is 0.00000180. The summed E-state index contributed by atoms with van der Waals surface area (Å²) in [6.07, 6.45) is 6.59. The highest BCUT2D eigenvalue weighted by Gasteiger charge is 2.58. The van der Waals surface area contributed by atoms with Gasteiger partial charge in [0, 0.05) is 11.5 Å². The predicted molar refractivity (Wildman–Crippen MR) is 81.6 cm³/mol. The molecule has 0 aromatic heterocycles. The quantitative estimate of drug-likeness (QED) is 0.817. The molecule has 0 bridgehead atoms. The number of piperidine rings is 1. The monoisotopic (exact) mass is 288 g/mol. The van der Waals surface area contributed by atoms with Gasteiger partial charge in [-0.15, -0.1) is 12.4 Å². The van der Waals surface area contributed by atoms with E-state index in [0.29, 0.717) is 17.2 Å². The molecule has 1 amide bonds. The standard InChI is InChI=1S/C15H28N2O.ClH/c1-4-15(5-2,6-3)17-13(18)12-11-14(12)7-9-16-10-8-14;/h12,16H,4-11H2,1-3H3,(H,17,18);1H. The molecule has 4 heteroatoms. The number of rotatable bonds is 5. The van der Waals surface area contributed by atoms with Crippen LogP contribution in [0.3, 0.4) is 0 Å². The van der Waals surface area contributed by atoms with E-state index in [-0.39, 0.29) is 17.9 Å². The summed E-state index contributed by atoms with van der Waals surface area (Å²) in [5.74, 6) is 0.617. The predicted octanol–water partition coefficient (Wildman–Crippen LogP) is 2.88.